The van der Waals surface area contributed by atoms with Crippen molar-refractivity contribution in [3.8, 4) is 0 Å². The fourth-order valence-electron chi connectivity index (χ4n) is 0.592. The summed E-state index contributed by atoms with van der Waals surface area (Å²) in [7, 11) is 10.8. The fourth-order valence-corrected chi connectivity index (χ4v) is 1.09. The molecule has 0 saturated carbocycles. The first-order valence-electron chi connectivity index (χ1n) is 3.29. The first-order valence-corrected chi connectivity index (χ1v) is 9.96. The van der Waals surface area contributed by atoms with Gasteiger partial charge in [-0.05, 0) is 12.1 Å². The lowest BCUT2D eigenvalue weighted by Gasteiger charge is -1.92. The van der Waals surface area contributed by atoms with Crippen molar-refractivity contribution in [1.82, 2.24) is 0 Å². The molecule has 0 amide bonds. The molecule has 0 aliphatic heterocycles. The summed E-state index contributed by atoms with van der Waals surface area (Å²) in [6.45, 7) is 0. The summed E-state index contributed by atoms with van der Waals surface area (Å²) in [5, 5.41) is 0. The predicted octanol–water partition coefficient (Wildman–Crippen LogP) is 2.62. The molecule has 0 unspecified atom stereocenters. The zero-order valence-corrected chi connectivity index (χ0v) is 11.0. The van der Waals surface area contributed by atoms with Crippen LogP contribution in [0.1, 0.15) is 0 Å². The fraction of sp³-hybridized carbons (Fsp3) is 0. The summed E-state index contributed by atoms with van der Waals surface area (Å²) in [5.74, 6) is 0. The molecular weight excluding hydrogens is 285 g/mol. The molecule has 14 heavy (non-hydrogen) atoms. The molecule has 0 atom stereocenters. The van der Waals surface area contributed by atoms with Crippen molar-refractivity contribution in [2.24, 2.45) is 0 Å². The Balaban J connectivity index is 0.000000364. The molecule has 0 fully saturated rings. The molecule has 0 aromatic heterocycles. The molecule has 1 N–H and O–H groups in total. The molecule has 1 aromatic rings. The predicted molar refractivity (Wildman–Crippen MR) is 59.6 cm³/mol. The Morgan fingerprint density at radius 1 is 1.07 bits per heavy atom. The lowest BCUT2D eigenvalue weighted by molar-refractivity contribution is 0.483. The number of hydrogen-bond donors (Lipinski definition) is 1. The molecule has 0 spiro atoms. The molecule has 0 bridgehead atoms. The summed E-state index contributed by atoms with van der Waals surface area (Å²) in [6.07, 6.45) is 0. The zero-order chi connectivity index (χ0) is 11.2. The SMILES string of the molecule is O=S(=O)(O)c1ccccc1.[Cl][Al]([Cl])[Cl]. The minimum absolute atomic E-state index is 0.0741. The van der Waals surface area contributed by atoms with E-state index < -0.39 is 21.5 Å². The van der Waals surface area contributed by atoms with Crippen LogP contribution < -0.4 is 0 Å². The Morgan fingerprint density at radius 3 is 1.64 bits per heavy atom. The number of benzene rings is 1. The van der Waals surface area contributed by atoms with Crippen LogP contribution in [0.15, 0.2) is 35.2 Å². The number of halogens is 3. The molecule has 0 aliphatic carbocycles. The second-order valence-electron chi connectivity index (χ2n) is 2.04. The van der Waals surface area contributed by atoms with E-state index >= 15 is 0 Å². The third kappa shape index (κ3) is 7.89. The van der Waals surface area contributed by atoms with Crippen LogP contribution in [0.5, 0.6) is 0 Å². The first-order chi connectivity index (χ1) is 6.34. The molecule has 3 nitrogen and oxygen atoms in total. The van der Waals surface area contributed by atoms with E-state index in [-0.39, 0.29) is 4.90 Å². The van der Waals surface area contributed by atoms with E-state index in [0.29, 0.717) is 0 Å². The molecule has 0 radical (unpaired) electrons. The van der Waals surface area contributed by atoms with Gasteiger partial charge in [0.25, 0.3) is 10.1 Å². The Kier molecular flexibility index (Phi) is 7.18. The van der Waals surface area contributed by atoms with Crippen LogP contribution in [-0.4, -0.2) is 24.4 Å². The van der Waals surface area contributed by atoms with Crippen molar-refractivity contribution in [3.05, 3.63) is 30.3 Å². The molecule has 78 valence electrons. The van der Waals surface area contributed by atoms with Crippen LogP contribution in [0.4, 0.5) is 0 Å². The van der Waals surface area contributed by atoms with E-state index in [2.05, 4.69) is 0 Å². The van der Waals surface area contributed by atoms with Gasteiger partial charge in [-0.1, -0.05) is 18.2 Å². The van der Waals surface area contributed by atoms with Crippen LogP contribution in [0.25, 0.3) is 0 Å². The van der Waals surface area contributed by atoms with Crippen molar-refractivity contribution in [1.29, 1.82) is 0 Å². The minimum atomic E-state index is -4.00. The number of hydrogen-bond acceptors (Lipinski definition) is 2. The average Bonchev–Trinajstić information content (AvgIpc) is 2.03. The van der Waals surface area contributed by atoms with Crippen molar-refractivity contribution in [2.45, 2.75) is 4.90 Å². The number of rotatable bonds is 1. The van der Waals surface area contributed by atoms with E-state index in [9.17, 15) is 8.42 Å². The second kappa shape index (κ2) is 6.91. The van der Waals surface area contributed by atoms with E-state index in [1.807, 2.05) is 0 Å². The van der Waals surface area contributed by atoms with Crippen molar-refractivity contribution >= 4 is 51.6 Å². The molecule has 8 heteroatoms. The third-order valence-electron chi connectivity index (χ3n) is 1.04. The standard InChI is InChI=1S/C6H6O3S.Al.3ClH/c7-10(8,9)6-4-2-1-3-5-6;;;;/h1-5H,(H,7,8,9);;3*1H/q;+3;;;/p-3. The highest BCUT2D eigenvalue weighted by Crippen LogP contribution is 2.05. The second-order valence-corrected chi connectivity index (χ2v) is 9.89. The maximum absolute atomic E-state index is 10.4. The first kappa shape index (κ1) is 14.5. The maximum Gasteiger partial charge on any atom is 0.643 e. The summed E-state index contributed by atoms with van der Waals surface area (Å²) in [4.78, 5) is -0.0741. The normalized spacial score (nSPS) is 10.0. The van der Waals surface area contributed by atoms with E-state index in [1.165, 1.54) is 12.1 Å². The van der Waals surface area contributed by atoms with Gasteiger partial charge in [0, 0.05) is 0 Å². The van der Waals surface area contributed by atoms with Crippen LogP contribution in [0.3, 0.4) is 0 Å². The Bertz CT molecular complexity index is 351. The van der Waals surface area contributed by atoms with Crippen LogP contribution in [-0.2, 0) is 10.1 Å². The van der Waals surface area contributed by atoms with Gasteiger partial charge in [0.2, 0.25) is 0 Å². The molecule has 0 aliphatic rings. The third-order valence-corrected chi connectivity index (χ3v) is 1.91. The molecule has 0 saturated heterocycles. The quantitative estimate of drug-likeness (QED) is 0.639. The minimum Gasteiger partial charge on any atom is -0.282 e. The van der Waals surface area contributed by atoms with Crippen molar-refractivity contribution < 1.29 is 13.0 Å². The summed E-state index contributed by atoms with van der Waals surface area (Å²) in [5.41, 5.74) is 0. The van der Waals surface area contributed by atoms with Crippen LogP contribution >= 0.6 is 30.1 Å². The summed E-state index contributed by atoms with van der Waals surface area (Å²) >= 11 is -1.72. The van der Waals surface area contributed by atoms with Crippen molar-refractivity contribution in [3.63, 3.8) is 0 Å². The van der Waals surface area contributed by atoms with Crippen LogP contribution in [0, 0.1) is 0 Å². The highest BCUT2D eigenvalue weighted by atomic mass is 35.8. The van der Waals surface area contributed by atoms with Crippen LogP contribution in [0.2, 0.25) is 0 Å². The highest BCUT2D eigenvalue weighted by molar-refractivity contribution is 7.85. The lowest BCUT2D eigenvalue weighted by Crippen LogP contribution is -1.96. The molecule has 0 heterocycles. The summed E-state index contributed by atoms with van der Waals surface area (Å²) < 4.78 is 29.2. The van der Waals surface area contributed by atoms with Gasteiger partial charge >= 0.3 is 11.4 Å². The van der Waals surface area contributed by atoms with Crippen molar-refractivity contribution in [2.75, 3.05) is 0 Å². The smallest absolute Gasteiger partial charge is 0.282 e. The lowest BCUT2D eigenvalue weighted by atomic mass is 10.4. The monoisotopic (exact) mass is 290 g/mol. The van der Waals surface area contributed by atoms with Gasteiger partial charge in [-0.15, -0.1) is 0 Å². The molecule has 1 aromatic carbocycles. The van der Waals surface area contributed by atoms with E-state index in [1.54, 1.807) is 18.2 Å². The summed E-state index contributed by atoms with van der Waals surface area (Å²) in [6, 6.07) is 7.42. The van der Waals surface area contributed by atoms with Gasteiger partial charge in [-0.25, -0.2) is 30.1 Å². The Hall–Kier alpha value is 0.532. The van der Waals surface area contributed by atoms with E-state index in [4.69, 9.17) is 34.7 Å². The Morgan fingerprint density at radius 2 is 1.43 bits per heavy atom. The van der Waals surface area contributed by atoms with Gasteiger partial charge in [0.1, 0.15) is 0 Å². The Labute approximate surface area is 99.3 Å². The average molecular weight is 292 g/mol. The topological polar surface area (TPSA) is 54.4 Å². The van der Waals surface area contributed by atoms with Gasteiger partial charge in [0.15, 0.2) is 0 Å². The maximum atomic E-state index is 10.4. The molecule has 1 rings (SSSR count). The van der Waals surface area contributed by atoms with E-state index in [0.717, 1.165) is 0 Å². The molecular formula is C6H6AlCl3O3S. The van der Waals surface area contributed by atoms with Gasteiger partial charge in [-0.2, -0.15) is 8.42 Å². The zero-order valence-electron chi connectivity index (χ0n) is 6.77. The van der Waals surface area contributed by atoms with Gasteiger partial charge in [0.05, 0.1) is 4.90 Å². The largest absolute Gasteiger partial charge is 0.643 e. The highest BCUT2D eigenvalue weighted by Gasteiger charge is 2.05. The van der Waals surface area contributed by atoms with Gasteiger partial charge in [-0.3, -0.25) is 4.55 Å². The van der Waals surface area contributed by atoms with Gasteiger partial charge < -0.3 is 0 Å².